The highest BCUT2D eigenvalue weighted by Gasteiger charge is 2.43. The number of aliphatic imine (C=N–C) groups is 1. The molecule has 34 heteroatoms. The number of nitrogens with one attached hydrogen (secondary N) is 10. The Hall–Kier alpha value is -7.92. The number of urea groups is 1. The van der Waals surface area contributed by atoms with Gasteiger partial charge in [-0.3, -0.25) is 52.8 Å². The number of ether oxygens (including phenoxy) is 3. The fraction of sp³-hybridized carbons (Fsp3) is 0.683. The van der Waals surface area contributed by atoms with Gasteiger partial charge in [0, 0.05) is 75.9 Å². The number of benzene rings is 1. The molecule has 2 bridgehead atoms. The number of thioether (sulfide) groups is 1. The van der Waals surface area contributed by atoms with Gasteiger partial charge in [0.05, 0.1) is 62.8 Å². The number of aromatic nitrogens is 3. The number of aliphatic hydroxyl groups is 1. The normalized spacial score (nSPS) is 24.0. The molecule has 3 aliphatic rings. The van der Waals surface area contributed by atoms with Crippen LogP contribution in [0, 0.1) is 5.92 Å². The van der Waals surface area contributed by atoms with Gasteiger partial charge in [0.2, 0.25) is 47.3 Å². The number of phenols is 1. The van der Waals surface area contributed by atoms with Crippen LogP contribution in [-0.4, -0.2) is 226 Å². The number of guanidine groups is 1. The Morgan fingerprint density at radius 2 is 1.35 bits per heavy atom. The van der Waals surface area contributed by atoms with E-state index in [1.807, 2.05) is 11.8 Å². The van der Waals surface area contributed by atoms with E-state index in [4.69, 9.17) is 31.4 Å². The van der Waals surface area contributed by atoms with Crippen LogP contribution >= 0.6 is 11.8 Å². The number of fused-ring (bicyclic) bond motifs is 3. The van der Waals surface area contributed by atoms with E-state index in [-0.39, 0.29) is 113 Å². The maximum absolute atomic E-state index is 14.3. The van der Waals surface area contributed by atoms with Crippen LogP contribution in [0.25, 0.3) is 0 Å². The maximum Gasteiger partial charge on any atom is 0.315 e. The van der Waals surface area contributed by atoms with Crippen molar-refractivity contribution in [1.82, 2.24) is 68.2 Å². The van der Waals surface area contributed by atoms with Crippen molar-refractivity contribution in [3.8, 4) is 5.75 Å². The Morgan fingerprint density at radius 3 is 2.02 bits per heavy atom. The summed E-state index contributed by atoms with van der Waals surface area (Å²) >= 11 is 1.86. The molecule has 0 aliphatic carbocycles. The smallest absolute Gasteiger partial charge is 0.315 e. The van der Waals surface area contributed by atoms with E-state index in [2.05, 4.69) is 68.5 Å². The molecule has 1 aromatic carbocycles. The predicted octanol–water partition coefficient (Wildman–Crippen LogP) is -3.07. The summed E-state index contributed by atoms with van der Waals surface area (Å²) in [6, 6.07) is -4.50. The Labute approximate surface area is 550 Å². The number of carbonyl (C=O) groups is 10. The molecule has 0 radical (unpaired) electrons. The molecule has 2 fully saturated rings. The van der Waals surface area contributed by atoms with Crippen LogP contribution < -0.4 is 70.4 Å². The summed E-state index contributed by atoms with van der Waals surface area (Å²) in [7, 11) is 0. The van der Waals surface area contributed by atoms with Crippen LogP contribution in [0.3, 0.4) is 0 Å². The standard InChI is InChI=1S/C60H97N17O16S/c1-35(2)29-43-57(88)73-50(36(3)78)58(89)68-42(12-8-19-66-59(62)63)54(85)67-41(53(84)65-21-10-24-92-26-28-93-27-25-91-23-9-20-64-48(80)14-5-4-13-47-51-46(34-94-47)72-60(90)74-51)11-6-7-22-77-33-38(75-76-77)31-40(61)52(83)69-44(30-37-15-17-39(79)18-16-37)55(86)71-45(32-49(81)82)56(87)70-43/h15-18,33,35-36,40-47,50-51,78-79H,4-14,19-32,34,61H2,1-3H3,(H,64,80)(H,65,84)(H,67,85)(H,68,89)(H,69,83)(H,70,87)(H,71,86)(H,73,88)(H,81,82)(H4,62,63,66)(H2,72,74,90)/t36-,40-,41-,42-,43-,44-,45-,46+,47?,50-,51+/m0/s1. The molecule has 0 saturated carbocycles. The molecule has 2 saturated heterocycles. The van der Waals surface area contributed by atoms with Crippen LogP contribution in [0.4, 0.5) is 4.79 Å². The number of aryl methyl sites for hydroxylation is 1. The van der Waals surface area contributed by atoms with Gasteiger partial charge in [0.15, 0.2) is 5.96 Å². The third-order valence-corrected chi connectivity index (χ3v) is 17.0. The zero-order valence-corrected chi connectivity index (χ0v) is 54.6. The number of hydrogen-bond donors (Lipinski definition) is 16. The van der Waals surface area contributed by atoms with Crippen molar-refractivity contribution in [2.24, 2.45) is 28.1 Å². The van der Waals surface area contributed by atoms with Gasteiger partial charge in [0.1, 0.15) is 42.0 Å². The van der Waals surface area contributed by atoms with Crippen molar-refractivity contribution in [3.63, 3.8) is 0 Å². The third-order valence-electron chi connectivity index (χ3n) is 15.5. The second-order valence-corrected chi connectivity index (χ2v) is 25.2. The topological polar surface area (TPSA) is 501 Å². The number of nitrogens with two attached hydrogens (primary N) is 3. The van der Waals surface area contributed by atoms with Crippen molar-refractivity contribution >= 4 is 77.0 Å². The SMILES string of the molecule is CC(C)C[C@@H]1NC(=O)[C@H](CC(=O)O)NC(=O)[C@H](Cc2ccc(O)cc2)NC(=O)[C@@H](N)Cc2cn(nn2)CCCC[C@@H](C(=O)NCCCOCCOCCOCCCNC(=O)CCCCC2SC[C@H]3NC(=O)N[C@@H]23)NC(=O)[C@H](CCCN=C(N)N)NC(=O)[C@H]([C@H](C)O)NC1=O. The molecule has 3 aliphatic heterocycles. The van der Waals surface area contributed by atoms with Gasteiger partial charge in [-0.15, -0.1) is 5.10 Å². The van der Waals surface area contributed by atoms with Crippen LogP contribution in [0.15, 0.2) is 35.5 Å². The number of amides is 10. The summed E-state index contributed by atoms with van der Waals surface area (Å²) in [6.07, 6.45) is 3.53. The van der Waals surface area contributed by atoms with Crippen molar-refractivity contribution in [2.75, 3.05) is 65.0 Å². The molecule has 0 spiro atoms. The summed E-state index contributed by atoms with van der Waals surface area (Å²) < 4.78 is 18.5. The summed E-state index contributed by atoms with van der Waals surface area (Å²) in [4.78, 5) is 139. The number of carboxylic acid groups (broad SMARTS) is 1. The fourth-order valence-electron chi connectivity index (χ4n) is 10.5. The van der Waals surface area contributed by atoms with Crippen LogP contribution in [0.5, 0.6) is 5.75 Å². The number of carboxylic acids is 1. The highest BCUT2D eigenvalue weighted by molar-refractivity contribution is 8.00. The van der Waals surface area contributed by atoms with E-state index in [9.17, 15) is 63.3 Å². The fourth-order valence-corrected chi connectivity index (χ4v) is 12.1. The molecule has 1 unspecified atom stereocenters. The molecular formula is C60H97N17O16S. The van der Waals surface area contributed by atoms with Gasteiger partial charge in [-0.25, -0.2) is 4.79 Å². The quantitative estimate of drug-likeness (QED) is 0.0154. The third kappa shape index (κ3) is 28.3. The molecule has 33 nitrogen and oxygen atoms in total. The molecule has 1 aromatic heterocycles. The first kappa shape index (κ1) is 76.8. The van der Waals surface area contributed by atoms with Gasteiger partial charge in [-0.1, -0.05) is 37.6 Å². The van der Waals surface area contributed by atoms with Crippen molar-refractivity contribution < 1.29 is 77.5 Å². The molecule has 19 N–H and O–H groups in total. The second-order valence-electron chi connectivity index (χ2n) is 23.9. The Balaban J connectivity index is 1.19. The van der Waals surface area contributed by atoms with E-state index in [1.165, 1.54) is 35.9 Å². The number of aliphatic carboxylic acids is 1. The number of hydrogen-bond acceptors (Lipinski definition) is 20. The summed E-state index contributed by atoms with van der Waals surface area (Å²) in [5.74, 6) is -7.58. The van der Waals surface area contributed by atoms with Gasteiger partial charge in [-0.2, -0.15) is 11.8 Å². The lowest BCUT2D eigenvalue weighted by atomic mass is 10.0. The maximum atomic E-state index is 14.3. The average molecular weight is 1340 g/mol. The first-order valence-electron chi connectivity index (χ1n) is 32.1. The lowest BCUT2D eigenvalue weighted by molar-refractivity contribution is -0.141. The molecular weight excluding hydrogens is 1250 g/mol. The summed E-state index contributed by atoms with van der Waals surface area (Å²) in [6.45, 7) is 7.54. The van der Waals surface area contributed by atoms with Crippen molar-refractivity contribution in [3.05, 3.63) is 41.7 Å². The Bertz CT molecular complexity index is 2810. The van der Waals surface area contributed by atoms with E-state index < -0.39 is 102 Å². The summed E-state index contributed by atoms with van der Waals surface area (Å²) in [5, 5.41) is 66.5. The van der Waals surface area contributed by atoms with Crippen LogP contribution in [-0.2, 0) is 76.7 Å². The summed E-state index contributed by atoms with van der Waals surface area (Å²) in [5.41, 5.74) is 18.2. The minimum Gasteiger partial charge on any atom is -0.508 e. The molecule has 4 heterocycles. The van der Waals surface area contributed by atoms with E-state index >= 15 is 0 Å². The van der Waals surface area contributed by atoms with E-state index in [0.29, 0.717) is 81.6 Å². The number of carbonyl (C=O) groups excluding carboxylic acids is 9. The molecule has 11 atom stereocenters. The Kier molecular flexibility index (Phi) is 33.5. The van der Waals surface area contributed by atoms with Gasteiger partial charge in [0.25, 0.3) is 0 Å². The largest absolute Gasteiger partial charge is 0.508 e. The van der Waals surface area contributed by atoms with Crippen molar-refractivity contribution in [1.29, 1.82) is 0 Å². The highest BCUT2D eigenvalue weighted by Crippen LogP contribution is 2.33. The number of nitrogens with zero attached hydrogens (tertiary/aromatic N) is 4. The molecule has 524 valence electrons. The Morgan fingerprint density at radius 1 is 0.723 bits per heavy atom. The van der Waals surface area contributed by atoms with Crippen molar-refractivity contribution in [2.45, 2.75) is 189 Å². The number of unbranched alkanes of at least 4 members (excludes halogenated alkanes) is 1. The second kappa shape index (κ2) is 41.0. The molecule has 10 amide bonds. The monoisotopic (exact) mass is 1340 g/mol. The first-order valence-corrected chi connectivity index (χ1v) is 33.2. The van der Waals surface area contributed by atoms with Crippen LogP contribution in [0.2, 0.25) is 0 Å². The minimum absolute atomic E-state index is 0.00297. The van der Waals surface area contributed by atoms with E-state index in [0.717, 1.165) is 25.0 Å². The number of rotatable bonds is 31. The molecule has 94 heavy (non-hydrogen) atoms. The lowest BCUT2D eigenvalue weighted by Crippen LogP contribution is -2.62. The average Bonchev–Trinajstić information content (AvgIpc) is 1.65. The van der Waals surface area contributed by atoms with Gasteiger partial charge < -0.3 is 99.9 Å². The highest BCUT2D eigenvalue weighted by atomic mass is 32.2. The zero-order valence-electron chi connectivity index (χ0n) is 53.8. The predicted molar refractivity (Wildman–Crippen MR) is 344 cm³/mol. The number of phenolic OH excluding ortho intramolecular Hbond substituents is 1. The molecule has 5 rings (SSSR count). The van der Waals surface area contributed by atoms with Gasteiger partial charge in [-0.05, 0) is 94.7 Å². The molecule has 2 aromatic rings. The number of aromatic hydroxyl groups is 1. The first-order chi connectivity index (χ1) is 44.9. The zero-order chi connectivity index (χ0) is 68.5. The number of aliphatic hydroxyl groups excluding tert-OH is 1. The van der Waals surface area contributed by atoms with E-state index in [1.54, 1.807) is 20.0 Å². The lowest BCUT2D eigenvalue weighted by Gasteiger charge is -2.29. The minimum atomic E-state index is -1.84. The van der Waals surface area contributed by atoms with Gasteiger partial charge >= 0.3 is 12.0 Å². The van der Waals surface area contributed by atoms with Crippen LogP contribution in [0.1, 0.15) is 115 Å².